The van der Waals surface area contributed by atoms with Crippen LogP contribution in [0.1, 0.15) is 30.6 Å². The Morgan fingerprint density at radius 1 is 1.27 bits per heavy atom. The molecule has 0 bridgehead atoms. The molecular weight excluding hydrogens is 204 g/mol. The van der Waals surface area contributed by atoms with Gasteiger partial charge in [0.1, 0.15) is 6.29 Å². The number of thiophene rings is 1. The summed E-state index contributed by atoms with van der Waals surface area (Å²) >= 11 is 1.64. The van der Waals surface area contributed by atoms with Gasteiger partial charge in [-0.05, 0) is 37.1 Å². The van der Waals surface area contributed by atoms with Crippen LogP contribution in [0.2, 0.25) is 0 Å². The Labute approximate surface area is 93.8 Å². The van der Waals surface area contributed by atoms with Gasteiger partial charge < -0.3 is 0 Å². The van der Waals surface area contributed by atoms with E-state index in [-0.39, 0.29) is 0 Å². The van der Waals surface area contributed by atoms with Crippen LogP contribution in [0.3, 0.4) is 0 Å². The molecule has 1 heterocycles. The van der Waals surface area contributed by atoms with Crippen LogP contribution >= 0.6 is 11.3 Å². The Kier molecular flexibility index (Phi) is 3.37. The Hall–Kier alpha value is -1.33. The first-order valence-electron chi connectivity index (χ1n) is 5.13. The van der Waals surface area contributed by atoms with Gasteiger partial charge in [0.25, 0.3) is 0 Å². The van der Waals surface area contributed by atoms with Crippen LogP contribution in [-0.4, -0.2) is 6.29 Å². The first-order chi connectivity index (χ1) is 7.40. The summed E-state index contributed by atoms with van der Waals surface area (Å²) in [6, 6.07) is 3.99. The molecule has 1 aliphatic carbocycles. The van der Waals surface area contributed by atoms with Gasteiger partial charge in [0, 0.05) is 11.1 Å². The Bertz CT molecular complexity index is 429. The van der Waals surface area contributed by atoms with E-state index in [9.17, 15) is 4.79 Å². The maximum absolute atomic E-state index is 10.8. The van der Waals surface area contributed by atoms with Crippen molar-refractivity contribution in [2.45, 2.75) is 25.7 Å². The smallest absolute Gasteiger partial charge is 0.146 e. The number of carbonyl (C=O) groups is 1. The summed E-state index contributed by atoms with van der Waals surface area (Å²) in [6.45, 7) is 0. The molecule has 0 saturated heterocycles. The van der Waals surface area contributed by atoms with Crippen LogP contribution < -0.4 is 0 Å². The molecular formula is C13H12OS. The molecule has 1 nitrogen and oxygen atoms in total. The minimum absolute atomic E-state index is 0.901. The number of hydrogen-bond donors (Lipinski definition) is 0. The van der Waals surface area contributed by atoms with Gasteiger partial charge in [-0.25, -0.2) is 0 Å². The van der Waals surface area contributed by atoms with E-state index in [1.165, 1.54) is 0 Å². The van der Waals surface area contributed by atoms with Crippen LogP contribution in [0.25, 0.3) is 0 Å². The molecule has 15 heavy (non-hydrogen) atoms. The summed E-state index contributed by atoms with van der Waals surface area (Å²) in [5, 5.41) is 2.01. The third-order valence-electron chi connectivity index (χ3n) is 2.51. The topological polar surface area (TPSA) is 17.1 Å². The third-order valence-corrected chi connectivity index (χ3v) is 3.30. The summed E-state index contributed by atoms with van der Waals surface area (Å²) in [6.07, 6.45) is 5.12. The molecule has 0 aromatic carbocycles. The lowest BCUT2D eigenvalue weighted by molar-refractivity contribution is -0.105. The molecule has 1 aromatic heterocycles. The standard InChI is InChI=1S/C13H12OS/c14-10-12-5-2-1-4-11(12)7-8-13-6-3-9-15-13/h3,6,9-10H,1-2,4-5H2. The van der Waals surface area contributed by atoms with Gasteiger partial charge in [0.05, 0.1) is 4.88 Å². The van der Waals surface area contributed by atoms with Crippen LogP contribution in [0.5, 0.6) is 0 Å². The molecule has 76 valence electrons. The van der Waals surface area contributed by atoms with Crippen LogP contribution in [0.15, 0.2) is 28.7 Å². The van der Waals surface area contributed by atoms with E-state index < -0.39 is 0 Å². The Morgan fingerprint density at radius 2 is 2.13 bits per heavy atom. The van der Waals surface area contributed by atoms with Crippen molar-refractivity contribution in [2.24, 2.45) is 0 Å². The number of rotatable bonds is 1. The monoisotopic (exact) mass is 216 g/mol. The van der Waals surface area contributed by atoms with E-state index in [1.807, 2.05) is 17.5 Å². The number of hydrogen-bond acceptors (Lipinski definition) is 2. The molecule has 1 aromatic rings. The normalized spacial score (nSPS) is 15.7. The largest absolute Gasteiger partial charge is 0.298 e. The van der Waals surface area contributed by atoms with Crippen LogP contribution in [0.4, 0.5) is 0 Å². The first-order valence-corrected chi connectivity index (χ1v) is 6.01. The van der Waals surface area contributed by atoms with E-state index >= 15 is 0 Å². The van der Waals surface area contributed by atoms with Gasteiger partial charge in [-0.1, -0.05) is 17.9 Å². The summed E-state index contributed by atoms with van der Waals surface area (Å²) in [7, 11) is 0. The highest BCUT2D eigenvalue weighted by molar-refractivity contribution is 7.10. The van der Waals surface area contributed by atoms with Gasteiger partial charge in [-0.2, -0.15) is 0 Å². The maximum atomic E-state index is 10.8. The molecule has 2 rings (SSSR count). The molecule has 0 amide bonds. The second-order valence-electron chi connectivity index (χ2n) is 3.56. The van der Waals surface area contributed by atoms with Gasteiger partial charge in [-0.15, -0.1) is 11.3 Å². The molecule has 0 radical (unpaired) electrons. The molecule has 0 spiro atoms. The van der Waals surface area contributed by atoms with Crippen molar-refractivity contribution < 1.29 is 4.79 Å². The Balaban J connectivity index is 2.22. The van der Waals surface area contributed by atoms with Gasteiger partial charge in [0.2, 0.25) is 0 Å². The lowest BCUT2D eigenvalue weighted by Gasteiger charge is -2.11. The maximum Gasteiger partial charge on any atom is 0.146 e. The predicted molar refractivity (Wildman–Crippen MR) is 62.8 cm³/mol. The van der Waals surface area contributed by atoms with E-state index in [2.05, 4.69) is 11.8 Å². The fourth-order valence-electron chi connectivity index (χ4n) is 1.69. The summed E-state index contributed by atoms with van der Waals surface area (Å²) in [5.74, 6) is 6.24. The minimum Gasteiger partial charge on any atom is -0.298 e. The lowest BCUT2D eigenvalue weighted by atomic mass is 9.93. The lowest BCUT2D eigenvalue weighted by Crippen LogP contribution is -1.99. The van der Waals surface area contributed by atoms with Crippen molar-refractivity contribution in [3.63, 3.8) is 0 Å². The minimum atomic E-state index is 0.901. The van der Waals surface area contributed by atoms with E-state index in [0.717, 1.165) is 48.0 Å². The predicted octanol–water partition coefficient (Wildman–Crippen LogP) is 3.17. The number of allylic oxidation sites excluding steroid dienone is 2. The molecule has 1 aliphatic rings. The van der Waals surface area contributed by atoms with Crippen molar-refractivity contribution in [3.05, 3.63) is 33.5 Å². The van der Waals surface area contributed by atoms with Crippen molar-refractivity contribution in [3.8, 4) is 11.8 Å². The highest BCUT2D eigenvalue weighted by Crippen LogP contribution is 2.22. The molecule has 0 atom stereocenters. The first kappa shape index (κ1) is 10.2. The number of aldehydes is 1. The fourth-order valence-corrected chi connectivity index (χ4v) is 2.26. The van der Waals surface area contributed by atoms with Crippen molar-refractivity contribution in [1.82, 2.24) is 0 Å². The molecule has 0 aliphatic heterocycles. The van der Waals surface area contributed by atoms with Crippen LogP contribution in [-0.2, 0) is 4.79 Å². The van der Waals surface area contributed by atoms with Gasteiger partial charge >= 0.3 is 0 Å². The van der Waals surface area contributed by atoms with Gasteiger partial charge in [-0.3, -0.25) is 4.79 Å². The van der Waals surface area contributed by atoms with Crippen molar-refractivity contribution >= 4 is 17.6 Å². The summed E-state index contributed by atoms with van der Waals surface area (Å²) in [4.78, 5) is 11.9. The second-order valence-corrected chi connectivity index (χ2v) is 4.50. The zero-order valence-electron chi connectivity index (χ0n) is 8.45. The van der Waals surface area contributed by atoms with E-state index in [0.29, 0.717) is 0 Å². The average molecular weight is 216 g/mol. The molecule has 0 saturated carbocycles. The SMILES string of the molecule is O=CC1=C(C#Cc2cccs2)CCCC1. The second kappa shape index (κ2) is 4.95. The van der Waals surface area contributed by atoms with Crippen molar-refractivity contribution in [2.75, 3.05) is 0 Å². The van der Waals surface area contributed by atoms with Crippen molar-refractivity contribution in [1.29, 1.82) is 0 Å². The third kappa shape index (κ3) is 2.57. The van der Waals surface area contributed by atoms with E-state index in [4.69, 9.17) is 0 Å². The fraction of sp³-hybridized carbons (Fsp3) is 0.308. The Morgan fingerprint density at radius 3 is 2.87 bits per heavy atom. The molecule has 0 N–H and O–H groups in total. The van der Waals surface area contributed by atoms with E-state index in [1.54, 1.807) is 11.3 Å². The highest BCUT2D eigenvalue weighted by atomic mass is 32.1. The van der Waals surface area contributed by atoms with Crippen LogP contribution in [0, 0.1) is 11.8 Å². The number of carbonyl (C=O) groups excluding carboxylic acids is 1. The molecule has 2 heteroatoms. The zero-order valence-corrected chi connectivity index (χ0v) is 9.27. The van der Waals surface area contributed by atoms with Gasteiger partial charge in [0.15, 0.2) is 0 Å². The molecule has 0 fully saturated rings. The quantitative estimate of drug-likeness (QED) is 0.520. The average Bonchev–Trinajstić information content (AvgIpc) is 2.79. The zero-order chi connectivity index (χ0) is 10.5. The summed E-state index contributed by atoms with van der Waals surface area (Å²) < 4.78 is 0. The molecule has 0 unspecified atom stereocenters. The summed E-state index contributed by atoms with van der Waals surface area (Å²) in [5.41, 5.74) is 1.95. The highest BCUT2D eigenvalue weighted by Gasteiger charge is 2.09.